The molecule has 0 spiro atoms. The number of nitrogens with one attached hydrogen (secondary N) is 1. The highest BCUT2D eigenvalue weighted by Gasteiger charge is 2.27. The molecule has 0 saturated heterocycles. The topological polar surface area (TPSA) is 68.3 Å². The molecule has 1 aliphatic carbocycles. The Morgan fingerprint density at radius 1 is 1.23 bits per heavy atom. The highest BCUT2D eigenvalue weighted by molar-refractivity contribution is 7.17. The van der Waals surface area contributed by atoms with E-state index in [9.17, 15) is 9.59 Å². The second-order valence-corrected chi connectivity index (χ2v) is 8.65. The zero-order chi connectivity index (χ0) is 18.9. The molecule has 0 aromatic carbocycles. The van der Waals surface area contributed by atoms with Crippen molar-refractivity contribution in [2.24, 2.45) is 0 Å². The third-order valence-electron chi connectivity index (χ3n) is 4.58. The van der Waals surface area contributed by atoms with Crippen molar-refractivity contribution in [3.63, 3.8) is 0 Å². The van der Waals surface area contributed by atoms with Gasteiger partial charge in [-0.15, -0.1) is 11.3 Å². The smallest absolute Gasteiger partial charge is 0.341 e. The number of esters is 1. The number of carbonyl (C=O) groups is 2. The number of nitrogens with zero attached hydrogens (tertiary/aromatic N) is 1. The van der Waals surface area contributed by atoms with Gasteiger partial charge in [-0.3, -0.25) is 9.78 Å². The predicted octanol–water partition coefficient (Wildman–Crippen LogP) is 4.36. The van der Waals surface area contributed by atoms with Gasteiger partial charge in [0.15, 0.2) is 0 Å². The Morgan fingerprint density at radius 3 is 2.65 bits per heavy atom. The summed E-state index contributed by atoms with van der Waals surface area (Å²) in [6, 6.07) is 3.50. The van der Waals surface area contributed by atoms with E-state index >= 15 is 0 Å². The minimum absolute atomic E-state index is 0.143. The Balaban J connectivity index is 1.93. The van der Waals surface area contributed by atoms with Crippen LogP contribution in [0.3, 0.4) is 0 Å². The van der Waals surface area contributed by atoms with E-state index in [1.165, 1.54) is 23.3 Å². The van der Waals surface area contributed by atoms with Crippen molar-refractivity contribution in [3.8, 4) is 0 Å². The van der Waals surface area contributed by atoms with Crippen molar-refractivity contribution in [3.05, 3.63) is 45.6 Å². The van der Waals surface area contributed by atoms with Crippen LogP contribution in [0.5, 0.6) is 0 Å². The number of carbonyl (C=O) groups excluding carboxylic acids is 2. The lowest BCUT2D eigenvalue weighted by Gasteiger charge is -2.18. The molecule has 5 nitrogen and oxygen atoms in total. The van der Waals surface area contributed by atoms with E-state index in [1.54, 1.807) is 18.3 Å². The maximum Gasteiger partial charge on any atom is 0.341 e. The van der Waals surface area contributed by atoms with Gasteiger partial charge in [-0.1, -0.05) is 20.8 Å². The maximum atomic E-state index is 12.8. The van der Waals surface area contributed by atoms with Crippen LogP contribution in [0.15, 0.2) is 18.3 Å². The minimum Gasteiger partial charge on any atom is -0.465 e. The number of aryl methyl sites for hydroxylation is 1. The molecular weight excluding hydrogens is 348 g/mol. The van der Waals surface area contributed by atoms with E-state index in [0.29, 0.717) is 16.1 Å². The molecule has 2 aromatic rings. The van der Waals surface area contributed by atoms with Crippen molar-refractivity contribution < 1.29 is 14.3 Å². The number of fused-ring (bicyclic) bond motifs is 1. The van der Waals surface area contributed by atoms with Crippen LogP contribution in [-0.4, -0.2) is 24.0 Å². The van der Waals surface area contributed by atoms with Crippen LogP contribution in [0.2, 0.25) is 0 Å². The van der Waals surface area contributed by atoms with Crippen LogP contribution >= 0.6 is 11.3 Å². The first-order valence-electron chi connectivity index (χ1n) is 8.82. The summed E-state index contributed by atoms with van der Waals surface area (Å²) in [7, 11) is 1.37. The summed E-state index contributed by atoms with van der Waals surface area (Å²) in [5, 5.41) is 3.51. The van der Waals surface area contributed by atoms with Gasteiger partial charge in [0, 0.05) is 27.7 Å². The fourth-order valence-electron chi connectivity index (χ4n) is 3.13. The Morgan fingerprint density at radius 2 is 1.96 bits per heavy atom. The number of rotatable bonds is 3. The van der Waals surface area contributed by atoms with E-state index in [2.05, 4.69) is 31.1 Å². The SMILES string of the molecule is COC(=O)c1c(NC(=O)c2ccnc(C(C)(C)C)c2)sc2c1CCCC2. The molecule has 0 unspecified atom stereocenters. The molecule has 1 N–H and O–H groups in total. The Hall–Kier alpha value is -2.21. The first kappa shape index (κ1) is 18.6. The molecule has 138 valence electrons. The first-order valence-corrected chi connectivity index (χ1v) is 9.63. The van der Waals surface area contributed by atoms with Crippen molar-refractivity contribution in [1.82, 2.24) is 4.98 Å². The lowest BCUT2D eigenvalue weighted by molar-refractivity contribution is 0.0601. The molecule has 2 heterocycles. The fourth-order valence-corrected chi connectivity index (χ4v) is 4.40. The molecule has 1 amide bonds. The van der Waals surface area contributed by atoms with Gasteiger partial charge in [-0.25, -0.2) is 4.79 Å². The summed E-state index contributed by atoms with van der Waals surface area (Å²) in [6.45, 7) is 6.17. The highest BCUT2D eigenvalue weighted by atomic mass is 32.1. The van der Waals surface area contributed by atoms with Gasteiger partial charge < -0.3 is 10.1 Å². The number of methoxy groups -OCH3 is 1. The average molecular weight is 372 g/mol. The Bertz CT molecular complexity index is 849. The minimum atomic E-state index is -0.384. The van der Waals surface area contributed by atoms with Crippen molar-refractivity contribution in [2.45, 2.75) is 51.9 Å². The van der Waals surface area contributed by atoms with E-state index < -0.39 is 0 Å². The lowest BCUT2D eigenvalue weighted by atomic mass is 9.91. The fraction of sp³-hybridized carbons (Fsp3) is 0.450. The van der Waals surface area contributed by atoms with Gasteiger partial charge in [0.05, 0.1) is 12.7 Å². The number of ether oxygens (including phenoxy) is 1. The Kier molecular flexibility index (Phi) is 5.14. The normalized spacial score (nSPS) is 13.8. The molecule has 0 fully saturated rings. The maximum absolute atomic E-state index is 12.8. The van der Waals surface area contributed by atoms with Crippen molar-refractivity contribution >= 4 is 28.2 Å². The van der Waals surface area contributed by atoms with Gasteiger partial charge in [-0.2, -0.15) is 0 Å². The molecule has 6 heteroatoms. The summed E-state index contributed by atoms with van der Waals surface area (Å²) < 4.78 is 4.96. The zero-order valence-corrected chi connectivity index (χ0v) is 16.5. The average Bonchev–Trinajstić information content (AvgIpc) is 2.98. The van der Waals surface area contributed by atoms with Gasteiger partial charge in [-0.05, 0) is 43.4 Å². The number of anilines is 1. The lowest BCUT2D eigenvalue weighted by Crippen LogP contribution is -2.18. The van der Waals surface area contributed by atoms with Crippen LogP contribution in [0.4, 0.5) is 5.00 Å². The molecule has 0 bridgehead atoms. The second-order valence-electron chi connectivity index (χ2n) is 7.54. The summed E-state index contributed by atoms with van der Waals surface area (Å²) in [5.41, 5.74) is 2.80. The largest absolute Gasteiger partial charge is 0.465 e. The summed E-state index contributed by atoms with van der Waals surface area (Å²) in [5.74, 6) is -0.619. The molecule has 0 aliphatic heterocycles. The van der Waals surface area contributed by atoms with Crippen LogP contribution in [0, 0.1) is 0 Å². The van der Waals surface area contributed by atoms with Crippen LogP contribution in [0.25, 0.3) is 0 Å². The highest BCUT2D eigenvalue weighted by Crippen LogP contribution is 2.38. The van der Waals surface area contributed by atoms with Crippen molar-refractivity contribution in [2.75, 3.05) is 12.4 Å². The number of hydrogen-bond acceptors (Lipinski definition) is 5. The zero-order valence-electron chi connectivity index (χ0n) is 15.6. The molecule has 3 rings (SSSR count). The molecular formula is C20H24N2O3S. The van der Waals surface area contributed by atoms with Gasteiger partial charge in [0.2, 0.25) is 0 Å². The van der Waals surface area contributed by atoms with Crippen LogP contribution in [0.1, 0.15) is 70.5 Å². The van der Waals surface area contributed by atoms with Gasteiger partial charge in [0.1, 0.15) is 5.00 Å². The summed E-state index contributed by atoms with van der Waals surface area (Å²) in [4.78, 5) is 30.6. The van der Waals surface area contributed by atoms with E-state index in [0.717, 1.165) is 36.9 Å². The standard InChI is InChI=1S/C20H24N2O3S/c1-20(2,3)15-11-12(9-10-21-15)17(23)22-18-16(19(24)25-4)13-7-5-6-8-14(13)26-18/h9-11H,5-8H2,1-4H3,(H,22,23). The molecule has 0 saturated carbocycles. The number of aromatic nitrogens is 1. The molecule has 0 atom stereocenters. The molecule has 0 radical (unpaired) electrons. The first-order chi connectivity index (χ1) is 12.3. The van der Waals surface area contributed by atoms with Gasteiger partial charge >= 0.3 is 5.97 Å². The molecule has 2 aromatic heterocycles. The number of hydrogen-bond donors (Lipinski definition) is 1. The van der Waals surface area contributed by atoms with E-state index in [1.807, 2.05) is 0 Å². The number of thiophene rings is 1. The second kappa shape index (κ2) is 7.19. The monoisotopic (exact) mass is 372 g/mol. The summed E-state index contributed by atoms with van der Waals surface area (Å²) >= 11 is 1.49. The number of pyridine rings is 1. The molecule has 26 heavy (non-hydrogen) atoms. The van der Waals surface area contributed by atoms with E-state index in [4.69, 9.17) is 4.74 Å². The quantitative estimate of drug-likeness (QED) is 0.813. The van der Waals surface area contributed by atoms with Crippen molar-refractivity contribution in [1.29, 1.82) is 0 Å². The third kappa shape index (κ3) is 3.65. The summed E-state index contributed by atoms with van der Waals surface area (Å²) in [6.07, 6.45) is 5.62. The third-order valence-corrected chi connectivity index (χ3v) is 5.79. The molecule has 1 aliphatic rings. The Labute approximate surface area is 157 Å². The van der Waals surface area contributed by atoms with Crippen LogP contribution < -0.4 is 5.32 Å². The van der Waals surface area contributed by atoms with Gasteiger partial charge in [0.25, 0.3) is 5.91 Å². The van der Waals surface area contributed by atoms with Crippen LogP contribution in [-0.2, 0) is 23.0 Å². The predicted molar refractivity (Wildman–Crippen MR) is 103 cm³/mol. The number of amides is 1. The van der Waals surface area contributed by atoms with E-state index in [-0.39, 0.29) is 17.3 Å².